The summed E-state index contributed by atoms with van der Waals surface area (Å²) in [6.45, 7) is 5.75. The van der Waals surface area contributed by atoms with Gasteiger partial charge in [-0.15, -0.1) is 0 Å². The van der Waals surface area contributed by atoms with E-state index in [2.05, 4.69) is 18.7 Å². The van der Waals surface area contributed by atoms with Crippen molar-refractivity contribution in [1.82, 2.24) is 0 Å². The highest BCUT2D eigenvalue weighted by atomic mass is 16.3. The van der Waals surface area contributed by atoms with Crippen LogP contribution in [0, 0.1) is 11.8 Å². The van der Waals surface area contributed by atoms with Crippen LogP contribution in [0.4, 0.5) is 0 Å². The zero-order chi connectivity index (χ0) is 14.5. The monoisotopic (exact) mass is 272 g/mol. The fourth-order valence-corrected chi connectivity index (χ4v) is 3.09. The molecule has 2 heteroatoms. The third-order valence-electron chi connectivity index (χ3n) is 4.49. The van der Waals surface area contributed by atoms with Crippen molar-refractivity contribution in [3.63, 3.8) is 0 Å². The number of Topliss-reactive ketones (excluding diaryl/α,β-unsaturated/α-hetero) is 1. The van der Waals surface area contributed by atoms with Gasteiger partial charge >= 0.3 is 0 Å². The van der Waals surface area contributed by atoms with E-state index in [0.717, 1.165) is 37.7 Å². The molecule has 1 saturated carbocycles. The predicted octanol–water partition coefficient (Wildman–Crippen LogP) is 3.54. The van der Waals surface area contributed by atoms with Crippen LogP contribution >= 0.6 is 0 Å². The molecule has 0 heterocycles. The average Bonchev–Trinajstić information content (AvgIpc) is 2.46. The topological polar surface area (TPSA) is 37.3 Å². The average molecular weight is 272 g/mol. The maximum atomic E-state index is 11.5. The second-order valence-corrected chi connectivity index (χ2v) is 5.94. The lowest BCUT2D eigenvalue weighted by molar-refractivity contribution is -0.122. The fraction of sp³-hybridized carbons (Fsp3) is 0.500. The molecule has 0 spiro atoms. The normalized spacial score (nSPS) is 24.4. The largest absolute Gasteiger partial charge is 0.392 e. The number of aryl methyl sites for hydroxylation is 1. The number of carbonyl (C=O) groups excluding carboxylic acids is 1. The maximum Gasteiger partial charge on any atom is 0.132 e. The van der Waals surface area contributed by atoms with Gasteiger partial charge in [-0.1, -0.05) is 42.5 Å². The summed E-state index contributed by atoms with van der Waals surface area (Å²) in [5, 5.41) is 10.4. The third-order valence-corrected chi connectivity index (χ3v) is 4.49. The third kappa shape index (κ3) is 3.80. The summed E-state index contributed by atoms with van der Waals surface area (Å²) in [6, 6.07) is 10.2. The Morgan fingerprint density at radius 3 is 2.75 bits per heavy atom. The van der Waals surface area contributed by atoms with E-state index in [1.165, 1.54) is 5.56 Å². The molecule has 0 amide bonds. The molecule has 1 aliphatic rings. The van der Waals surface area contributed by atoms with Gasteiger partial charge in [0, 0.05) is 11.8 Å². The number of ketones is 1. The quantitative estimate of drug-likeness (QED) is 0.832. The van der Waals surface area contributed by atoms with Gasteiger partial charge in [-0.05, 0) is 44.6 Å². The van der Waals surface area contributed by atoms with E-state index in [9.17, 15) is 9.90 Å². The molecular formula is C18H24O2. The second-order valence-electron chi connectivity index (χ2n) is 5.94. The Balaban J connectivity index is 1.91. The van der Waals surface area contributed by atoms with Crippen LogP contribution in [0.1, 0.15) is 38.2 Å². The maximum absolute atomic E-state index is 11.5. The summed E-state index contributed by atoms with van der Waals surface area (Å²) < 4.78 is 0. The summed E-state index contributed by atoms with van der Waals surface area (Å²) >= 11 is 0. The Hall–Kier alpha value is -1.41. The van der Waals surface area contributed by atoms with Gasteiger partial charge in [0.15, 0.2) is 0 Å². The molecule has 1 aromatic carbocycles. The van der Waals surface area contributed by atoms with E-state index >= 15 is 0 Å². The molecule has 0 saturated heterocycles. The first-order valence-corrected chi connectivity index (χ1v) is 7.48. The first kappa shape index (κ1) is 15.0. The Labute approximate surface area is 121 Å². The molecule has 0 aromatic heterocycles. The molecule has 0 radical (unpaired) electrons. The summed E-state index contributed by atoms with van der Waals surface area (Å²) in [4.78, 5) is 11.5. The molecule has 1 fully saturated rings. The minimum Gasteiger partial charge on any atom is -0.392 e. The number of aliphatic hydroxyl groups is 1. The highest BCUT2D eigenvalue weighted by Gasteiger charge is 2.31. The molecule has 0 aliphatic heterocycles. The molecule has 2 rings (SSSR count). The lowest BCUT2D eigenvalue weighted by Crippen LogP contribution is -2.31. The highest BCUT2D eigenvalue weighted by molar-refractivity contribution is 5.78. The van der Waals surface area contributed by atoms with E-state index in [1.54, 1.807) is 6.92 Å². The lowest BCUT2D eigenvalue weighted by atomic mass is 9.74. The Morgan fingerprint density at radius 2 is 2.10 bits per heavy atom. The van der Waals surface area contributed by atoms with Crippen LogP contribution in [-0.4, -0.2) is 17.0 Å². The zero-order valence-electron chi connectivity index (χ0n) is 12.2. The Kier molecular flexibility index (Phi) is 5.13. The minimum atomic E-state index is -0.384. The summed E-state index contributed by atoms with van der Waals surface area (Å²) in [5.74, 6) is 0.441. The summed E-state index contributed by atoms with van der Waals surface area (Å²) in [7, 11) is 0. The molecule has 2 nitrogen and oxygen atoms in total. The predicted molar refractivity (Wildman–Crippen MR) is 81.4 cm³/mol. The molecule has 1 N–H and O–H groups in total. The SMILES string of the molecule is C=C1CC[C@@H](C(C)=O)C[C@@H]1[C@@H](O)CCc1ccccc1. The molecule has 20 heavy (non-hydrogen) atoms. The molecule has 108 valence electrons. The van der Waals surface area contributed by atoms with Gasteiger partial charge in [-0.3, -0.25) is 4.79 Å². The van der Waals surface area contributed by atoms with Crippen LogP contribution in [0.2, 0.25) is 0 Å². The van der Waals surface area contributed by atoms with Gasteiger partial charge in [-0.2, -0.15) is 0 Å². The van der Waals surface area contributed by atoms with E-state index in [-0.39, 0.29) is 23.7 Å². The zero-order valence-corrected chi connectivity index (χ0v) is 12.2. The van der Waals surface area contributed by atoms with Gasteiger partial charge in [0.05, 0.1) is 6.10 Å². The molecular weight excluding hydrogens is 248 g/mol. The first-order chi connectivity index (χ1) is 9.58. The van der Waals surface area contributed by atoms with Crippen LogP contribution in [-0.2, 0) is 11.2 Å². The number of aliphatic hydroxyl groups excluding tert-OH is 1. The van der Waals surface area contributed by atoms with Crippen LogP contribution in [0.25, 0.3) is 0 Å². The van der Waals surface area contributed by atoms with Crippen molar-refractivity contribution in [3.05, 3.63) is 48.0 Å². The molecule has 3 atom stereocenters. The number of benzene rings is 1. The van der Waals surface area contributed by atoms with Crippen molar-refractivity contribution in [2.75, 3.05) is 0 Å². The van der Waals surface area contributed by atoms with Crippen molar-refractivity contribution in [1.29, 1.82) is 0 Å². The number of hydrogen-bond acceptors (Lipinski definition) is 2. The van der Waals surface area contributed by atoms with E-state index < -0.39 is 0 Å². The van der Waals surface area contributed by atoms with Crippen molar-refractivity contribution in [2.45, 2.75) is 45.1 Å². The van der Waals surface area contributed by atoms with Crippen molar-refractivity contribution in [3.8, 4) is 0 Å². The second kappa shape index (κ2) is 6.85. The number of rotatable bonds is 5. The van der Waals surface area contributed by atoms with Crippen LogP contribution in [0.3, 0.4) is 0 Å². The first-order valence-electron chi connectivity index (χ1n) is 7.48. The lowest BCUT2D eigenvalue weighted by Gasteiger charge is -2.33. The smallest absolute Gasteiger partial charge is 0.132 e. The van der Waals surface area contributed by atoms with Gasteiger partial charge in [-0.25, -0.2) is 0 Å². The Morgan fingerprint density at radius 1 is 1.40 bits per heavy atom. The number of carbonyl (C=O) groups is 1. The number of hydrogen-bond donors (Lipinski definition) is 1. The van der Waals surface area contributed by atoms with Crippen LogP contribution in [0.15, 0.2) is 42.5 Å². The van der Waals surface area contributed by atoms with Gasteiger partial charge in [0.1, 0.15) is 5.78 Å². The minimum absolute atomic E-state index is 0.0846. The van der Waals surface area contributed by atoms with Gasteiger partial charge in [0.2, 0.25) is 0 Å². The van der Waals surface area contributed by atoms with Crippen LogP contribution in [0.5, 0.6) is 0 Å². The highest BCUT2D eigenvalue weighted by Crippen LogP contribution is 2.36. The van der Waals surface area contributed by atoms with Crippen molar-refractivity contribution >= 4 is 5.78 Å². The van der Waals surface area contributed by atoms with Gasteiger partial charge in [0.25, 0.3) is 0 Å². The van der Waals surface area contributed by atoms with E-state index in [4.69, 9.17) is 0 Å². The van der Waals surface area contributed by atoms with Crippen LogP contribution < -0.4 is 0 Å². The standard InChI is InChI=1S/C18H24O2/c1-13-8-10-16(14(2)19)12-17(13)18(20)11-9-15-6-4-3-5-7-15/h3-7,16-18,20H,1,8-12H2,2H3/t16-,17+,18+/m1/s1. The Bertz CT molecular complexity index is 464. The van der Waals surface area contributed by atoms with Gasteiger partial charge < -0.3 is 5.11 Å². The summed E-state index contributed by atoms with van der Waals surface area (Å²) in [6.07, 6.45) is 3.76. The van der Waals surface area contributed by atoms with E-state index in [0.29, 0.717) is 0 Å². The molecule has 0 unspecified atom stereocenters. The van der Waals surface area contributed by atoms with E-state index in [1.807, 2.05) is 18.2 Å². The molecule has 1 aromatic rings. The van der Waals surface area contributed by atoms with Crippen molar-refractivity contribution in [2.24, 2.45) is 11.8 Å². The summed E-state index contributed by atoms with van der Waals surface area (Å²) in [5.41, 5.74) is 2.36. The van der Waals surface area contributed by atoms with Crippen molar-refractivity contribution < 1.29 is 9.90 Å². The fourth-order valence-electron chi connectivity index (χ4n) is 3.09. The molecule has 1 aliphatic carbocycles. The molecule has 0 bridgehead atoms.